The Morgan fingerprint density at radius 1 is 1.17 bits per heavy atom. The van der Waals surface area contributed by atoms with Crippen molar-refractivity contribution in [1.29, 1.82) is 0 Å². The maximum absolute atomic E-state index is 10.7. The number of rotatable bonds is 7. The van der Waals surface area contributed by atoms with E-state index >= 15 is 0 Å². The lowest BCUT2D eigenvalue weighted by molar-refractivity contribution is 0.140. The summed E-state index contributed by atoms with van der Waals surface area (Å²) in [6.45, 7) is 4.19. The molecule has 156 valence electrons. The second kappa shape index (κ2) is 8.90. The molecule has 1 aliphatic heterocycles. The van der Waals surface area contributed by atoms with Gasteiger partial charge in [-0.2, -0.15) is 4.80 Å². The van der Waals surface area contributed by atoms with E-state index in [1.807, 2.05) is 18.2 Å². The number of carboxylic acid groups (broad SMARTS) is 1. The summed E-state index contributed by atoms with van der Waals surface area (Å²) in [5.74, 6) is 1.33. The average Bonchev–Trinajstić information content (AvgIpc) is 3.39. The van der Waals surface area contributed by atoms with Crippen molar-refractivity contribution >= 4 is 6.09 Å². The van der Waals surface area contributed by atoms with Gasteiger partial charge in [0.05, 0.1) is 6.54 Å². The summed E-state index contributed by atoms with van der Waals surface area (Å²) in [5.41, 5.74) is 1.18. The minimum atomic E-state index is -0.929. The van der Waals surface area contributed by atoms with Crippen molar-refractivity contribution in [3.8, 4) is 0 Å². The number of hydrogen-bond donors (Lipinski definition) is 2. The molecule has 2 aromatic rings. The third kappa shape index (κ3) is 4.93. The molecule has 1 aromatic carbocycles. The highest BCUT2D eigenvalue weighted by Gasteiger charge is 2.41. The maximum atomic E-state index is 10.7. The first-order valence-corrected chi connectivity index (χ1v) is 10.6. The molecule has 2 aliphatic rings. The standard InChI is InChI=1S/C21H30N6O2/c28-20(29)22-14-17-8-12-26(13-9-17)16-21(10-4-5-11-21)19-23-25-27(24-19)15-18-6-2-1-3-7-18/h1-3,6-7,17,22H,4-5,8-16H2,(H,28,29). The summed E-state index contributed by atoms with van der Waals surface area (Å²) in [6, 6.07) is 10.2. The highest BCUT2D eigenvalue weighted by atomic mass is 16.4. The largest absolute Gasteiger partial charge is 0.465 e. The number of aromatic nitrogens is 4. The van der Waals surface area contributed by atoms with Gasteiger partial charge >= 0.3 is 6.09 Å². The third-order valence-electron chi connectivity index (χ3n) is 6.43. The molecular formula is C21H30N6O2. The van der Waals surface area contributed by atoms with Crippen molar-refractivity contribution in [3.63, 3.8) is 0 Å². The van der Waals surface area contributed by atoms with Crippen LogP contribution in [0.3, 0.4) is 0 Å². The zero-order valence-electron chi connectivity index (χ0n) is 16.8. The molecular weight excluding hydrogens is 368 g/mol. The molecule has 8 heteroatoms. The van der Waals surface area contributed by atoms with Crippen LogP contribution in [0.1, 0.15) is 49.9 Å². The van der Waals surface area contributed by atoms with E-state index < -0.39 is 6.09 Å². The van der Waals surface area contributed by atoms with E-state index in [4.69, 9.17) is 10.2 Å². The normalized spacial score (nSPS) is 20.0. The van der Waals surface area contributed by atoms with Gasteiger partial charge in [-0.25, -0.2) is 4.79 Å². The summed E-state index contributed by atoms with van der Waals surface area (Å²) in [4.78, 5) is 14.9. The van der Waals surface area contributed by atoms with Crippen LogP contribution in [-0.2, 0) is 12.0 Å². The van der Waals surface area contributed by atoms with E-state index in [0.29, 0.717) is 19.0 Å². The number of carbonyl (C=O) groups is 1. The molecule has 0 bridgehead atoms. The summed E-state index contributed by atoms with van der Waals surface area (Å²) in [5, 5.41) is 24.9. The van der Waals surface area contributed by atoms with Gasteiger partial charge in [0.25, 0.3) is 0 Å². The fourth-order valence-corrected chi connectivity index (χ4v) is 4.78. The van der Waals surface area contributed by atoms with Gasteiger partial charge in [0.2, 0.25) is 0 Å². The monoisotopic (exact) mass is 398 g/mol. The van der Waals surface area contributed by atoms with Gasteiger partial charge in [-0.1, -0.05) is 43.2 Å². The van der Waals surface area contributed by atoms with Crippen LogP contribution < -0.4 is 5.32 Å². The van der Waals surface area contributed by atoms with Crippen LogP contribution in [0.2, 0.25) is 0 Å². The Kier molecular flexibility index (Phi) is 6.08. The van der Waals surface area contributed by atoms with E-state index in [1.54, 1.807) is 4.80 Å². The summed E-state index contributed by atoms with van der Waals surface area (Å²) in [7, 11) is 0. The van der Waals surface area contributed by atoms with Crippen LogP contribution in [-0.4, -0.2) is 62.5 Å². The zero-order valence-corrected chi connectivity index (χ0v) is 16.8. The molecule has 1 aliphatic carbocycles. The van der Waals surface area contributed by atoms with Crippen molar-refractivity contribution in [2.24, 2.45) is 5.92 Å². The molecule has 1 saturated carbocycles. The van der Waals surface area contributed by atoms with Gasteiger partial charge in [-0.05, 0) is 55.5 Å². The van der Waals surface area contributed by atoms with Crippen LogP contribution >= 0.6 is 0 Å². The van der Waals surface area contributed by atoms with E-state index in [9.17, 15) is 4.79 Å². The second-order valence-electron chi connectivity index (χ2n) is 8.52. The smallest absolute Gasteiger partial charge is 0.404 e. The number of likely N-dealkylation sites (tertiary alicyclic amines) is 1. The first-order chi connectivity index (χ1) is 14.1. The summed E-state index contributed by atoms with van der Waals surface area (Å²) in [6.07, 6.45) is 5.80. The van der Waals surface area contributed by atoms with E-state index in [-0.39, 0.29) is 5.41 Å². The number of nitrogens with zero attached hydrogens (tertiary/aromatic N) is 5. The van der Waals surface area contributed by atoms with E-state index in [1.165, 1.54) is 18.4 Å². The van der Waals surface area contributed by atoms with Crippen molar-refractivity contribution in [3.05, 3.63) is 41.7 Å². The predicted octanol–water partition coefficient (Wildman–Crippen LogP) is 2.51. The highest BCUT2D eigenvalue weighted by molar-refractivity contribution is 5.64. The Morgan fingerprint density at radius 2 is 1.90 bits per heavy atom. The first kappa shape index (κ1) is 19.8. The van der Waals surface area contributed by atoms with Crippen LogP contribution in [0.15, 0.2) is 30.3 Å². The van der Waals surface area contributed by atoms with Crippen molar-refractivity contribution < 1.29 is 9.90 Å². The molecule has 2 fully saturated rings. The van der Waals surface area contributed by atoms with Gasteiger partial charge in [-0.3, -0.25) is 0 Å². The lowest BCUT2D eigenvalue weighted by Gasteiger charge is -2.37. The zero-order chi connectivity index (χ0) is 20.1. The topological polar surface area (TPSA) is 96.2 Å². The minimum Gasteiger partial charge on any atom is -0.465 e. The Balaban J connectivity index is 1.38. The lowest BCUT2D eigenvalue weighted by atomic mass is 9.83. The molecule has 1 amide bonds. The van der Waals surface area contributed by atoms with Gasteiger partial charge in [-0.15, -0.1) is 10.2 Å². The van der Waals surface area contributed by atoms with Crippen molar-refractivity contribution in [2.45, 2.75) is 50.5 Å². The van der Waals surface area contributed by atoms with Gasteiger partial charge in [0.15, 0.2) is 5.82 Å². The van der Waals surface area contributed by atoms with E-state index in [0.717, 1.165) is 51.1 Å². The predicted molar refractivity (Wildman–Crippen MR) is 109 cm³/mol. The Labute approximate surface area is 171 Å². The SMILES string of the molecule is O=C(O)NCC1CCN(CC2(c3nnn(Cc4ccccc4)n3)CCCC2)CC1. The molecule has 2 heterocycles. The number of piperidine rings is 1. The molecule has 0 radical (unpaired) electrons. The van der Waals surface area contributed by atoms with Crippen LogP contribution in [0.5, 0.6) is 0 Å². The molecule has 8 nitrogen and oxygen atoms in total. The van der Waals surface area contributed by atoms with Gasteiger partial charge < -0.3 is 15.3 Å². The molecule has 4 rings (SSSR count). The number of hydrogen-bond acceptors (Lipinski definition) is 5. The summed E-state index contributed by atoms with van der Waals surface area (Å²) < 4.78 is 0. The fourth-order valence-electron chi connectivity index (χ4n) is 4.78. The molecule has 1 saturated heterocycles. The molecule has 0 unspecified atom stereocenters. The number of nitrogens with one attached hydrogen (secondary N) is 1. The molecule has 1 aromatic heterocycles. The minimum absolute atomic E-state index is 0.00108. The third-order valence-corrected chi connectivity index (χ3v) is 6.43. The van der Waals surface area contributed by atoms with Crippen LogP contribution in [0.4, 0.5) is 4.79 Å². The number of tetrazole rings is 1. The van der Waals surface area contributed by atoms with Crippen LogP contribution in [0, 0.1) is 5.92 Å². The average molecular weight is 399 g/mol. The Morgan fingerprint density at radius 3 is 2.59 bits per heavy atom. The Hall–Kier alpha value is -2.48. The molecule has 0 atom stereocenters. The van der Waals surface area contributed by atoms with Gasteiger partial charge in [0, 0.05) is 18.5 Å². The Bertz CT molecular complexity index is 795. The lowest BCUT2D eigenvalue weighted by Crippen LogP contribution is -2.45. The van der Waals surface area contributed by atoms with E-state index in [2.05, 4.69) is 32.7 Å². The quantitative estimate of drug-likeness (QED) is 0.744. The van der Waals surface area contributed by atoms with Crippen molar-refractivity contribution in [2.75, 3.05) is 26.2 Å². The van der Waals surface area contributed by atoms with Crippen LogP contribution in [0.25, 0.3) is 0 Å². The molecule has 0 spiro atoms. The number of benzene rings is 1. The second-order valence-corrected chi connectivity index (χ2v) is 8.52. The fraction of sp³-hybridized carbons (Fsp3) is 0.619. The molecule has 29 heavy (non-hydrogen) atoms. The van der Waals surface area contributed by atoms with Crippen molar-refractivity contribution in [1.82, 2.24) is 30.4 Å². The first-order valence-electron chi connectivity index (χ1n) is 10.6. The summed E-state index contributed by atoms with van der Waals surface area (Å²) >= 11 is 0. The highest BCUT2D eigenvalue weighted by Crippen LogP contribution is 2.40. The molecule has 2 N–H and O–H groups in total. The number of amides is 1. The maximum Gasteiger partial charge on any atom is 0.404 e. The van der Waals surface area contributed by atoms with Gasteiger partial charge in [0.1, 0.15) is 0 Å².